The first-order chi connectivity index (χ1) is 14.4. The number of benzene rings is 1. The first kappa shape index (κ1) is 23.7. The van der Waals surface area contributed by atoms with Crippen LogP contribution >= 0.6 is 0 Å². The highest BCUT2D eigenvalue weighted by molar-refractivity contribution is 6.76. The molecule has 0 saturated carbocycles. The average Bonchev–Trinajstić information content (AvgIpc) is 3.06. The molecule has 1 atom stereocenters. The average molecular weight is 446 g/mol. The lowest BCUT2D eigenvalue weighted by atomic mass is 10.1. The van der Waals surface area contributed by atoms with Crippen molar-refractivity contribution in [3.63, 3.8) is 0 Å². The third-order valence-electron chi connectivity index (χ3n) is 5.59. The maximum absolute atomic E-state index is 12.6. The summed E-state index contributed by atoms with van der Waals surface area (Å²) < 4.78 is 13.8. The molecule has 1 aliphatic rings. The number of hydrogen-bond acceptors (Lipinski definition) is 4. The van der Waals surface area contributed by atoms with Crippen LogP contribution in [0.15, 0.2) is 30.5 Å². The van der Waals surface area contributed by atoms with Crippen molar-refractivity contribution in [2.75, 3.05) is 31.1 Å². The topological polar surface area (TPSA) is 46.9 Å². The Kier molecular flexibility index (Phi) is 7.06. The Morgan fingerprint density at radius 1 is 1.16 bits per heavy atom. The number of aromatic nitrogens is 1. The summed E-state index contributed by atoms with van der Waals surface area (Å²) >= 11 is 0. The summed E-state index contributed by atoms with van der Waals surface area (Å²) in [5.74, 6) is 0. The molecule has 2 heterocycles. The van der Waals surface area contributed by atoms with Gasteiger partial charge in [0.05, 0.1) is 11.2 Å². The van der Waals surface area contributed by atoms with Gasteiger partial charge in [-0.2, -0.15) is 0 Å². The van der Waals surface area contributed by atoms with Crippen LogP contribution in [0.2, 0.25) is 25.7 Å². The molecule has 31 heavy (non-hydrogen) atoms. The lowest BCUT2D eigenvalue weighted by Gasteiger charge is -2.41. The van der Waals surface area contributed by atoms with Gasteiger partial charge in [0.15, 0.2) is 0 Å². The van der Waals surface area contributed by atoms with E-state index in [0.717, 1.165) is 19.7 Å². The second-order valence-corrected chi connectivity index (χ2v) is 16.4. The Bertz CT molecular complexity index is 898. The lowest BCUT2D eigenvalue weighted by molar-refractivity contribution is 0.0159. The van der Waals surface area contributed by atoms with Gasteiger partial charge in [-0.15, -0.1) is 0 Å². The molecule has 0 spiro atoms. The molecule has 0 radical (unpaired) electrons. The Morgan fingerprint density at radius 2 is 1.90 bits per heavy atom. The number of para-hydroxylation sites is 1. The fourth-order valence-electron chi connectivity index (χ4n) is 3.91. The molecule has 7 heteroatoms. The molecule has 1 saturated heterocycles. The molecular weight excluding hydrogens is 406 g/mol. The normalized spacial score (nSPS) is 18.0. The first-order valence-corrected chi connectivity index (χ1v) is 15.1. The quantitative estimate of drug-likeness (QED) is 0.441. The number of rotatable bonds is 6. The maximum Gasteiger partial charge on any atom is 0.410 e. The SMILES string of the molecule is C[C@H]1CN(c2cccc3ccn(COCC[Si](C)(C)C)c23)CCN1C(=O)OC(C)(C)C. The fraction of sp³-hybridized carbons (Fsp3) is 0.625. The van der Waals surface area contributed by atoms with E-state index in [2.05, 4.69) is 66.5 Å². The molecule has 0 unspecified atom stereocenters. The molecule has 172 valence electrons. The van der Waals surface area contributed by atoms with E-state index in [0.29, 0.717) is 13.3 Å². The highest BCUT2D eigenvalue weighted by Crippen LogP contribution is 2.30. The van der Waals surface area contributed by atoms with Crippen LogP contribution < -0.4 is 4.90 Å². The maximum atomic E-state index is 12.6. The molecule has 1 aliphatic heterocycles. The number of carbonyl (C=O) groups is 1. The van der Waals surface area contributed by atoms with Crippen LogP contribution in [0, 0.1) is 0 Å². The van der Waals surface area contributed by atoms with E-state index >= 15 is 0 Å². The number of fused-ring (bicyclic) bond motifs is 1. The van der Waals surface area contributed by atoms with Crippen LogP contribution in [0.4, 0.5) is 10.5 Å². The Hall–Kier alpha value is -1.99. The van der Waals surface area contributed by atoms with E-state index in [-0.39, 0.29) is 12.1 Å². The van der Waals surface area contributed by atoms with E-state index in [9.17, 15) is 4.79 Å². The molecular formula is C24H39N3O3Si. The summed E-state index contributed by atoms with van der Waals surface area (Å²) in [5, 5.41) is 1.22. The molecule has 3 rings (SSSR count). The van der Waals surface area contributed by atoms with Crippen molar-refractivity contribution in [1.29, 1.82) is 0 Å². The zero-order valence-electron chi connectivity index (χ0n) is 20.3. The molecule has 1 fully saturated rings. The van der Waals surface area contributed by atoms with Gasteiger partial charge in [-0.05, 0) is 45.9 Å². The van der Waals surface area contributed by atoms with Crippen molar-refractivity contribution in [3.05, 3.63) is 30.5 Å². The van der Waals surface area contributed by atoms with Gasteiger partial charge in [-0.25, -0.2) is 4.79 Å². The second-order valence-electron chi connectivity index (χ2n) is 10.8. The largest absolute Gasteiger partial charge is 0.444 e. The fourth-order valence-corrected chi connectivity index (χ4v) is 4.67. The van der Waals surface area contributed by atoms with Gasteiger partial charge in [0.2, 0.25) is 0 Å². The molecule has 6 nitrogen and oxygen atoms in total. The monoisotopic (exact) mass is 445 g/mol. The van der Waals surface area contributed by atoms with Gasteiger partial charge in [0.1, 0.15) is 12.3 Å². The summed E-state index contributed by atoms with van der Waals surface area (Å²) in [6.45, 7) is 18.5. The molecule has 1 amide bonds. The minimum atomic E-state index is -1.09. The number of piperazine rings is 1. The minimum Gasteiger partial charge on any atom is -0.444 e. The Morgan fingerprint density at radius 3 is 2.55 bits per heavy atom. The standard InChI is InChI=1S/C24H39N3O3Si/c1-19-17-25(13-14-27(19)23(28)30-24(2,3)4)21-10-8-9-20-11-12-26(22(20)21)18-29-15-16-31(5,6)7/h8-12,19H,13-18H2,1-7H3/t19-/m0/s1. The van der Waals surface area contributed by atoms with Gasteiger partial charge in [-0.3, -0.25) is 0 Å². The predicted molar refractivity (Wildman–Crippen MR) is 131 cm³/mol. The van der Waals surface area contributed by atoms with Crippen LogP contribution in [0.25, 0.3) is 10.9 Å². The predicted octanol–water partition coefficient (Wildman–Crippen LogP) is 5.40. The van der Waals surface area contributed by atoms with Crippen molar-refractivity contribution < 1.29 is 14.3 Å². The van der Waals surface area contributed by atoms with Crippen molar-refractivity contribution in [3.8, 4) is 0 Å². The molecule has 1 aromatic carbocycles. The zero-order valence-corrected chi connectivity index (χ0v) is 21.3. The number of hydrogen-bond donors (Lipinski definition) is 0. The van der Waals surface area contributed by atoms with Gasteiger partial charge >= 0.3 is 6.09 Å². The number of carbonyl (C=O) groups excluding carboxylic acids is 1. The minimum absolute atomic E-state index is 0.0789. The van der Waals surface area contributed by atoms with Crippen LogP contribution in [0.1, 0.15) is 27.7 Å². The van der Waals surface area contributed by atoms with Crippen molar-refractivity contribution in [2.24, 2.45) is 0 Å². The highest BCUT2D eigenvalue weighted by Gasteiger charge is 2.31. The Labute approximate surface area is 188 Å². The number of amides is 1. The van der Waals surface area contributed by atoms with E-state index in [1.807, 2.05) is 25.7 Å². The third-order valence-corrected chi connectivity index (χ3v) is 7.29. The number of anilines is 1. The van der Waals surface area contributed by atoms with Crippen LogP contribution in [-0.4, -0.2) is 61.5 Å². The summed E-state index contributed by atoms with van der Waals surface area (Å²) in [7, 11) is -1.09. The Balaban J connectivity index is 1.72. The molecule has 0 N–H and O–H groups in total. The summed E-state index contributed by atoms with van der Waals surface area (Å²) in [5.41, 5.74) is 1.93. The molecule has 0 aliphatic carbocycles. The smallest absolute Gasteiger partial charge is 0.410 e. The van der Waals surface area contributed by atoms with E-state index in [4.69, 9.17) is 9.47 Å². The lowest BCUT2D eigenvalue weighted by Crippen LogP contribution is -2.55. The van der Waals surface area contributed by atoms with Gasteiger partial charge < -0.3 is 23.8 Å². The van der Waals surface area contributed by atoms with Crippen LogP contribution in [-0.2, 0) is 16.2 Å². The highest BCUT2D eigenvalue weighted by atomic mass is 28.3. The first-order valence-electron chi connectivity index (χ1n) is 11.3. The second kappa shape index (κ2) is 9.24. The van der Waals surface area contributed by atoms with Crippen LogP contribution in [0.5, 0.6) is 0 Å². The van der Waals surface area contributed by atoms with Crippen molar-refractivity contribution in [1.82, 2.24) is 9.47 Å². The third kappa shape index (κ3) is 6.26. The van der Waals surface area contributed by atoms with E-state index in [1.165, 1.54) is 22.6 Å². The van der Waals surface area contributed by atoms with Gasteiger partial charge in [-0.1, -0.05) is 31.8 Å². The van der Waals surface area contributed by atoms with E-state index in [1.54, 1.807) is 0 Å². The van der Waals surface area contributed by atoms with Crippen LogP contribution in [0.3, 0.4) is 0 Å². The van der Waals surface area contributed by atoms with E-state index < -0.39 is 13.7 Å². The number of ether oxygens (including phenoxy) is 2. The molecule has 1 aromatic heterocycles. The molecule has 2 aromatic rings. The van der Waals surface area contributed by atoms with Gasteiger partial charge in [0, 0.05) is 51.9 Å². The summed E-state index contributed by atoms with van der Waals surface area (Å²) in [6, 6.07) is 9.84. The van der Waals surface area contributed by atoms with Crippen molar-refractivity contribution >= 4 is 30.8 Å². The molecule has 0 bridgehead atoms. The van der Waals surface area contributed by atoms with Gasteiger partial charge in [0.25, 0.3) is 0 Å². The van der Waals surface area contributed by atoms with Crippen molar-refractivity contribution in [2.45, 2.75) is 71.8 Å². The summed E-state index contributed by atoms with van der Waals surface area (Å²) in [4.78, 5) is 16.8. The number of nitrogens with zero attached hydrogens (tertiary/aromatic N) is 3. The zero-order chi connectivity index (χ0) is 22.8. The summed E-state index contributed by atoms with van der Waals surface area (Å²) in [6.07, 6.45) is 1.89.